The molecule has 10 heteroatoms. The number of piperazine rings is 1. The molecule has 3 heterocycles. The van der Waals surface area contributed by atoms with E-state index in [4.69, 9.17) is 34.4 Å². The Hall–Kier alpha value is -4.48. The maximum absolute atomic E-state index is 5.74. The summed E-state index contributed by atoms with van der Waals surface area (Å²) in [5.74, 6) is 0. The summed E-state index contributed by atoms with van der Waals surface area (Å²) in [5.41, 5.74) is 8.29. The van der Waals surface area contributed by atoms with Crippen molar-refractivity contribution in [3.8, 4) is 0 Å². The second-order valence-corrected chi connectivity index (χ2v) is 14.0. The van der Waals surface area contributed by atoms with Crippen LogP contribution in [0, 0.1) is 13.8 Å². The van der Waals surface area contributed by atoms with Gasteiger partial charge in [-0.1, -0.05) is 59.7 Å². The van der Waals surface area contributed by atoms with Gasteiger partial charge >= 0.3 is 0 Å². The summed E-state index contributed by atoms with van der Waals surface area (Å²) in [6.45, 7) is 12.3. The van der Waals surface area contributed by atoms with Crippen molar-refractivity contribution in [3.05, 3.63) is 96.1 Å². The van der Waals surface area contributed by atoms with E-state index in [0.29, 0.717) is 10.2 Å². The molecule has 4 aromatic carbocycles. The third kappa shape index (κ3) is 7.94. The Morgan fingerprint density at radius 3 is 1.40 bits per heavy atom. The van der Waals surface area contributed by atoms with Gasteiger partial charge in [0.1, 0.15) is 0 Å². The number of thiocarbonyl (C=S) groups is 2. The summed E-state index contributed by atoms with van der Waals surface area (Å²) in [6, 6.07) is 29.2. The molecular formula is C40H44N8S2. The summed E-state index contributed by atoms with van der Waals surface area (Å²) >= 11 is 11.5. The lowest BCUT2D eigenvalue weighted by atomic mass is 10.1. The molecule has 1 fully saturated rings. The van der Waals surface area contributed by atoms with Crippen LogP contribution in [0.3, 0.4) is 0 Å². The maximum atomic E-state index is 5.74. The van der Waals surface area contributed by atoms with E-state index in [1.807, 2.05) is 24.3 Å². The first-order valence-electron chi connectivity index (χ1n) is 17.5. The van der Waals surface area contributed by atoms with Gasteiger partial charge in [0.2, 0.25) is 0 Å². The number of anilines is 2. The van der Waals surface area contributed by atoms with E-state index in [9.17, 15) is 0 Å². The van der Waals surface area contributed by atoms with Crippen LogP contribution < -0.4 is 21.3 Å². The van der Waals surface area contributed by atoms with Crippen LogP contribution in [0.25, 0.3) is 43.6 Å². The Balaban J connectivity index is 0.818. The molecule has 0 saturated carbocycles. The van der Waals surface area contributed by atoms with E-state index in [2.05, 4.69) is 106 Å². The highest BCUT2D eigenvalue weighted by atomic mass is 32.1. The van der Waals surface area contributed by atoms with Gasteiger partial charge in [-0.15, -0.1) is 0 Å². The minimum Gasteiger partial charge on any atom is -0.362 e. The number of nitrogens with zero attached hydrogens (tertiary/aromatic N) is 4. The summed E-state index contributed by atoms with van der Waals surface area (Å²) < 4.78 is 0. The van der Waals surface area contributed by atoms with E-state index in [1.54, 1.807) is 0 Å². The van der Waals surface area contributed by atoms with Crippen molar-refractivity contribution in [2.24, 2.45) is 0 Å². The summed E-state index contributed by atoms with van der Waals surface area (Å²) in [4.78, 5) is 14.8. The molecule has 1 aliphatic rings. The summed E-state index contributed by atoms with van der Waals surface area (Å²) in [6.07, 6.45) is 2.07. The van der Waals surface area contributed by atoms with E-state index in [-0.39, 0.29) is 0 Å². The zero-order valence-electron chi connectivity index (χ0n) is 28.8. The molecule has 4 N–H and O–H groups in total. The van der Waals surface area contributed by atoms with Crippen LogP contribution >= 0.6 is 24.4 Å². The molecule has 0 radical (unpaired) electrons. The van der Waals surface area contributed by atoms with Crippen molar-refractivity contribution in [2.45, 2.75) is 26.7 Å². The van der Waals surface area contributed by atoms with Crippen LogP contribution in [-0.4, -0.2) is 82.4 Å². The number of pyridine rings is 2. The molecule has 2 aromatic heterocycles. The number of benzene rings is 4. The topological polar surface area (TPSA) is 80.4 Å². The molecule has 8 nitrogen and oxygen atoms in total. The Kier molecular flexibility index (Phi) is 10.6. The Labute approximate surface area is 304 Å². The normalized spacial score (nSPS) is 14.0. The molecule has 0 unspecified atom stereocenters. The van der Waals surface area contributed by atoms with Crippen LogP contribution in [0.5, 0.6) is 0 Å². The molecule has 0 amide bonds. The largest absolute Gasteiger partial charge is 0.362 e. The molecule has 7 rings (SSSR count). The molecule has 1 saturated heterocycles. The lowest BCUT2D eigenvalue weighted by molar-refractivity contribution is 0.131. The number of aryl methyl sites for hydroxylation is 2. The maximum Gasteiger partial charge on any atom is 0.170 e. The van der Waals surface area contributed by atoms with Crippen LogP contribution in [0.1, 0.15) is 24.0 Å². The van der Waals surface area contributed by atoms with Crippen molar-refractivity contribution < 1.29 is 0 Å². The molecular weight excluding hydrogens is 657 g/mol. The lowest BCUT2D eigenvalue weighted by Crippen LogP contribution is -2.47. The molecule has 0 aliphatic carbocycles. The van der Waals surface area contributed by atoms with Gasteiger partial charge in [-0.05, 0) is 101 Å². The number of hydrogen-bond donors (Lipinski definition) is 4. The fourth-order valence-electron chi connectivity index (χ4n) is 6.84. The fourth-order valence-corrected chi connectivity index (χ4v) is 7.25. The minimum atomic E-state index is 0.648. The van der Waals surface area contributed by atoms with Crippen molar-refractivity contribution in [1.82, 2.24) is 30.4 Å². The van der Waals surface area contributed by atoms with E-state index < -0.39 is 0 Å². The first kappa shape index (κ1) is 34.0. The van der Waals surface area contributed by atoms with E-state index in [1.165, 1.54) is 11.1 Å². The highest BCUT2D eigenvalue weighted by molar-refractivity contribution is 7.80. The van der Waals surface area contributed by atoms with Gasteiger partial charge in [0, 0.05) is 60.8 Å². The molecule has 256 valence electrons. The van der Waals surface area contributed by atoms with Crippen molar-refractivity contribution >= 4 is 89.6 Å². The highest BCUT2D eigenvalue weighted by Crippen LogP contribution is 2.32. The SMILES string of the molecule is Cc1ccc2nc3ccccc3c(NC(=S)NCCCN3CCN(CCCNC(=S)Nc4c5ccccc5nc5ccc(C)cc45)CC3)c2c1. The molecule has 0 spiro atoms. The first-order valence-corrected chi connectivity index (χ1v) is 18.4. The van der Waals surface area contributed by atoms with E-state index >= 15 is 0 Å². The van der Waals surface area contributed by atoms with Crippen LogP contribution in [0.4, 0.5) is 11.4 Å². The van der Waals surface area contributed by atoms with Crippen LogP contribution in [0.15, 0.2) is 84.9 Å². The lowest BCUT2D eigenvalue weighted by Gasteiger charge is -2.34. The molecule has 1 aliphatic heterocycles. The average Bonchev–Trinajstić information content (AvgIpc) is 3.13. The number of rotatable bonds is 10. The predicted molar refractivity (Wildman–Crippen MR) is 219 cm³/mol. The van der Waals surface area contributed by atoms with Crippen molar-refractivity contribution in [1.29, 1.82) is 0 Å². The minimum absolute atomic E-state index is 0.648. The standard InChI is InChI=1S/C40H44N8S2/c1-27-13-15-35-31(25-27)37(29-9-3-5-11-33(29)43-35)45-39(49)41-17-7-19-47-21-23-48(24-22-47)20-8-18-42-40(50)46-38-30-10-4-6-12-34(30)44-36-16-14-28(2)26-32(36)38/h3-6,9-16,25-26H,7-8,17-24H2,1-2H3,(H2,41,43,45,49)(H2,42,44,46,50). The zero-order chi connectivity index (χ0) is 34.5. The number of para-hydroxylation sites is 2. The van der Waals surface area contributed by atoms with E-state index in [0.717, 1.165) is 120 Å². The molecule has 6 aromatic rings. The van der Waals surface area contributed by atoms with Gasteiger partial charge in [-0.25, -0.2) is 9.97 Å². The van der Waals surface area contributed by atoms with Gasteiger partial charge in [0.15, 0.2) is 10.2 Å². The number of aromatic nitrogens is 2. The molecule has 50 heavy (non-hydrogen) atoms. The summed E-state index contributed by atoms with van der Waals surface area (Å²) in [5, 5.41) is 19.5. The smallest absolute Gasteiger partial charge is 0.170 e. The first-order chi connectivity index (χ1) is 24.4. The van der Waals surface area contributed by atoms with Crippen molar-refractivity contribution in [3.63, 3.8) is 0 Å². The van der Waals surface area contributed by atoms with Crippen molar-refractivity contribution in [2.75, 3.05) is 63.0 Å². The third-order valence-corrected chi connectivity index (χ3v) is 9.98. The number of fused-ring (bicyclic) bond motifs is 4. The van der Waals surface area contributed by atoms with Gasteiger partial charge in [0.05, 0.1) is 33.4 Å². The third-order valence-electron chi connectivity index (χ3n) is 9.49. The van der Waals surface area contributed by atoms with Crippen LogP contribution in [-0.2, 0) is 0 Å². The number of nitrogens with one attached hydrogen (secondary N) is 4. The monoisotopic (exact) mass is 700 g/mol. The molecule has 0 bridgehead atoms. The van der Waals surface area contributed by atoms with Gasteiger partial charge in [-0.3, -0.25) is 0 Å². The zero-order valence-corrected chi connectivity index (χ0v) is 30.4. The summed E-state index contributed by atoms with van der Waals surface area (Å²) in [7, 11) is 0. The highest BCUT2D eigenvalue weighted by Gasteiger charge is 2.17. The number of hydrogen-bond acceptors (Lipinski definition) is 6. The predicted octanol–water partition coefficient (Wildman–Crippen LogP) is 7.38. The van der Waals surface area contributed by atoms with Crippen LogP contribution in [0.2, 0.25) is 0 Å². The van der Waals surface area contributed by atoms with Gasteiger partial charge < -0.3 is 31.1 Å². The Bertz CT molecular complexity index is 2020. The quantitative estimate of drug-likeness (QED) is 0.0661. The van der Waals surface area contributed by atoms with Gasteiger partial charge in [-0.2, -0.15) is 0 Å². The second-order valence-electron chi connectivity index (χ2n) is 13.2. The fraction of sp³-hybridized carbons (Fsp3) is 0.300. The molecule has 0 atom stereocenters. The average molecular weight is 701 g/mol. The second kappa shape index (κ2) is 15.6. The Morgan fingerprint density at radius 1 is 0.560 bits per heavy atom. The van der Waals surface area contributed by atoms with Gasteiger partial charge in [0.25, 0.3) is 0 Å². The Morgan fingerprint density at radius 2 is 0.960 bits per heavy atom.